The number of aromatic amines is 1. The van der Waals surface area contributed by atoms with Crippen LogP contribution >= 0.6 is 0 Å². The van der Waals surface area contributed by atoms with Gasteiger partial charge in [0.25, 0.3) is 0 Å². The third-order valence-corrected chi connectivity index (χ3v) is 2.84. The Kier molecular flexibility index (Phi) is 3.20. The largest absolute Gasteiger partial charge is 0.481 e. The lowest BCUT2D eigenvalue weighted by molar-refractivity contribution is 0.317. The molecule has 0 fully saturated rings. The van der Waals surface area contributed by atoms with Crippen LogP contribution in [0.3, 0.4) is 0 Å². The van der Waals surface area contributed by atoms with E-state index in [1.807, 2.05) is 25.1 Å². The van der Waals surface area contributed by atoms with Crippen LogP contribution in [-0.2, 0) is 0 Å². The molecule has 0 aromatic carbocycles. The molecule has 0 aliphatic heterocycles. The van der Waals surface area contributed by atoms with E-state index in [-0.39, 0.29) is 0 Å². The van der Waals surface area contributed by atoms with Crippen molar-refractivity contribution >= 4 is 11.2 Å². The first-order valence-electron chi connectivity index (χ1n) is 6.30. The summed E-state index contributed by atoms with van der Waals surface area (Å²) in [5, 5.41) is 0. The molecule has 3 heterocycles. The standard InChI is InChI=1S/C14H14N4O2/c1-3-20-14-9(6-7-11(17-14)19-2)12-16-10-5-4-8-15-13(10)18-12/h4-8H,3H2,1-2H3,(H,15,16,18). The minimum Gasteiger partial charge on any atom is -0.481 e. The van der Waals surface area contributed by atoms with Gasteiger partial charge in [-0.2, -0.15) is 4.98 Å². The zero-order chi connectivity index (χ0) is 13.9. The average Bonchev–Trinajstić information content (AvgIpc) is 2.91. The Hall–Kier alpha value is -2.63. The van der Waals surface area contributed by atoms with E-state index in [1.54, 1.807) is 19.4 Å². The van der Waals surface area contributed by atoms with Crippen molar-refractivity contribution in [2.45, 2.75) is 6.92 Å². The molecule has 0 radical (unpaired) electrons. The van der Waals surface area contributed by atoms with Gasteiger partial charge in [-0.25, -0.2) is 9.97 Å². The lowest BCUT2D eigenvalue weighted by Gasteiger charge is -2.08. The molecule has 0 amide bonds. The molecule has 6 nitrogen and oxygen atoms in total. The molecule has 0 spiro atoms. The molecule has 0 atom stereocenters. The van der Waals surface area contributed by atoms with Gasteiger partial charge in [0.05, 0.1) is 24.8 Å². The van der Waals surface area contributed by atoms with Gasteiger partial charge >= 0.3 is 0 Å². The molecule has 20 heavy (non-hydrogen) atoms. The highest BCUT2D eigenvalue weighted by Gasteiger charge is 2.13. The molecular formula is C14H14N4O2. The van der Waals surface area contributed by atoms with Gasteiger partial charge in [0, 0.05) is 12.3 Å². The lowest BCUT2D eigenvalue weighted by atomic mass is 10.2. The predicted molar refractivity (Wildman–Crippen MR) is 74.8 cm³/mol. The molecule has 3 aromatic rings. The average molecular weight is 270 g/mol. The van der Waals surface area contributed by atoms with Crippen molar-refractivity contribution in [1.29, 1.82) is 0 Å². The second-order valence-corrected chi connectivity index (χ2v) is 4.10. The molecule has 3 aromatic heterocycles. The Bertz CT molecular complexity index is 706. The summed E-state index contributed by atoms with van der Waals surface area (Å²) in [6, 6.07) is 7.43. The molecule has 0 bridgehead atoms. The normalized spacial score (nSPS) is 10.7. The number of H-pyrrole nitrogens is 1. The molecule has 0 aliphatic rings. The number of pyridine rings is 2. The Morgan fingerprint density at radius 2 is 2.10 bits per heavy atom. The van der Waals surface area contributed by atoms with Crippen LogP contribution < -0.4 is 9.47 Å². The number of rotatable bonds is 4. The van der Waals surface area contributed by atoms with Gasteiger partial charge in [-0.05, 0) is 25.1 Å². The highest BCUT2D eigenvalue weighted by Crippen LogP contribution is 2.29. The monoisotopic (exact) mass is 270 g/mol. The fourth-order valence-electron chi connectivity index (χ4n) is 1.94. The predicted octanol–water partition coefficient (Wildman–Crippen LogP) is 2.43. The van der Waals surface area contributed by atoms with Crippen LogP contribution in [0.1, 0.15) is 6.92 Å². The Balaban J connectivity index is 2.12. The SMILES string of the molecule is CCOc1nc(OC)ccc1-c1nc2ncccc2[nH]1. The number of methoxy groups -OCH3 is 1. The van der Waals surface area contributed by atoms with Gasteiger partial charge in [-0.3, -0.25) is 0 Å². The summed E-state index contributed by atoms with van der Waals surface area (Å²) in [5.74, 6) is 1.68. The van der Waals surface area contributed by atoms with Crippen LogP contribution in [0.4, 0.5) is 0 Å². The van der Waals surface area contributed by atoms with Crippen LogP contribution in [0.5, 0.6) is 11.8 Å². The molecule has 0 aliphatic carbocycles. The molecule has 6 heteroatoms. The second-order valence-electron chi connectivity index (χ2n) is 4.10. The van der Waals surface area contributed by atoms with E-state index in [9.17, 15) is 0 Å². The minimum absolute atomic E-state index is 0.492. The Labute approximate surface area is 115 Å². The van der Waals surface area contributed by atoms with Crippen molar-refractivity contribution in [3.8, 4) is 23.1 Å². The second kappa shape index (κ2) is 5.16. The maximum absolute atomic E-state index is 5.56. The van der Waals surface area contributed by atoms with E-state index < -0.39 is 0 Å². The fourth-order valence-corrected chi connectivity index (χ4v) is 1.94. The van der Waals surface area contributed by atoms with Crippen LogP contribution in [0.25, 0.3) is 22.6 Å². The first-order valence-corrected chi connectivity index (χ1v) is 6.30. The summed E-state index contributed by atoms with van der Waals surface area (Å²) in [4.78, 5) is 16.2. The van der Waals surface area contributed by atoms with Crippen molar-refractivity contribution in [3.05, 3.63) is 30.5 Å². The van der Waals surface area contributed by atoms with Crippen molar-refractivity contribution in [3.63, 3.8) is 0 Å². The number of nitrogens with zero attached hydrogens (tertiary/aromatic N) is 3. The first-order chi connectivity index (χ1) is 9.81. The number of imidazole rings is 1. The highest BCUT2D eigenvalue weighted by atomic mass is 16.5. The van der Waals surface area contributed by atoms with Crippen LogP contribution in [0.15, 0.2) is 30.5 Å². The fraction of sp³-hybridized carbons (Fsp3) is 0.214. The van der Waals surface area contributed by atoms with Gasteiger partial charge in [0.1, 0.15) is 5.82 Å². The summed E-state index contributed by atoms with van der Waals surface area (Å²) in [5.41, 5.74) is 2.33. The van der Waals surface area contributed by atoms with E-state index in [0.29, 0.717) is 29.8 Å². The van der Waals surface area contributed by atoms with Crippen LogP contribution in [0.2, 0.25) is 0 Å². The van der Waals surface area contributed by atoms with Crippen molar-refractivity contribution in [2.24, 2.45) is 0 Å². The van der Waals surface area contributed by atoms with Crippen molar-refractivity contribution < 1.29 is 9.47 Å². The number of aromatic nitrogens is 4. The molecule has 0 saturated carbocycles. The van der Waals surface area contributed by atoms with Gasteiger partial charge < -0.3 is 14.5 Å². The van der Waals surface area contributed by atoms with E-state index in [1.165, 1.54) is 0 Å². The number of hydrogen-bond donors (Lipinski definition) is 1. The zero-order valence-corrected chi connectivity index (χ0v) is 11.3. The quantitative estimate of drug-likeness (QED) is 0.788. The maximum Gasteiger partial charge on any atom is 0.227 e. The summed E-state index contributed by atoms with van der Waals surface area (Å²) in [6.45, 7) is 2.43. The number of nitrogens with one attached hydrogen (secondary N) is 1. The lowest BCUT2D eigenvalue weighted by Crippen LogP contribution is -1.99. The molecular weight excluding hydrogens is 256 g/mol. The summed E-state index contributed by atoms with van der Waals surface area (Å²) in [6.07, 6.45) is 1.71. The van der Waals surface area contributed by atoms with E-state index in [4.69, 9.17) is 9.47 Å². The van der Waals surface area contributed by atoms with E-state index >= 15 is 0 Å². The molecule has 0 unspecified atom stereocenters. The zero-order valence-electron chi connectivity index (χ0n) is 11.3. The topological polar surface area (TPSA) is 72.9 Å². The highest BCUT2D eigenvalue weighted by molar-refractivity contribution is 5.77. The summed E-state index contributed by atoms with van der Waals surface area (Å²) < 4.78 is 10.7. The summed E-state index contributed by atoms with van der Waals surface area (Å²) in [7, 11) is 1.57. The van der Waals surface area contributed by atoms with Gasteiger partial charge in [-0.15, -0.1) is 0 Å². The van der Waals surface area contributed by atoms with Crippen LogP contribution in [-0.4, -0.2) is 33.7 Å². The molecule has 102 valence electrons. The third kappa shape index (κ3) is 2.16. The smallest absolute Gasteiger partial charge is 0.227 e. The van der Waals surface area contributed by atoms with E-state index in [0.717, 1.165) is 11.1 Å². The van der Waals surface area contributed by atoms with Gasteiger partial charge in [0.2, 0.25) is 11.8 Å². The number of hydrogen-bond acceptors (Lipinski definition) is 5. The van der Waals surface area contributed by atoms with E-state index in [2.05, 4.69) is 19.9 Å². The van der Waals surface area contributed by atoms with Gasteiger partial charge in [-0.1, -0.05) is 0 Å². The minimum atomic E-state index is 0.492. The Morgan fingerprint density at radius 1 is 1.20 bits per heavy atom. The molecule has 3 rings (SSSR count). The summed E-state index contributed by atoms with van der Waals surface area (Å²) >= 11 is 0. The first kappa shape index (κ1) is 12.4. The van der Waals surface area contributed by atoms with Crippen molar-refractivity contribution in [2.75, 3.05) is 13.7 Å². The van der Waals surface area contributed by atoms with Crippen molar-refractivity contribution in [1.82, 2.24) is 19.9 Å². The number of ether oxygens (including phenoxy) is 2. The Morgan fingerprint density at radius 3 is 2.85 bits per heavy atom. The molecule has 0 saturated heterocycles. The van der Waals surface area contributed by atoms with Gasteiger partial charge in [0.15, 0.2) is 5.65 Å². The third-order valence-electron chi connectivity index (χ3n) is 2.84. The number of fused-ring (bicyclic) bond motifs is 1. The van der Waals surface area contributed by atoms with Crippen LogP contribution in [0, 0.1) is 0 Å². The maximum atomic E-state index is 5.56. The molecule has 1 N–H and O–H groups in total.